The van der Waals surface area contributed by atoms with E-state index in [1.165, 1.54) is 0 Å². The van der Waals surface area contributed by atoms with E-state index in [1.54, 1.807) is 7.11 Å². The van der Waals surface area contributed by atoms with Crippen molar-refractivity contribution in [2.75, 3.05) is 13.7 Å². The van der Waals surface area contributed by atoms with E-state index in [0.29, 0.717) is 19.4 Å². The predicted molar refractivity (Wildman–Crippen MR) is 75.8 cm³/mol. The van der Waals surface area contributed by atoms with Gasteiger partial charge in [0.1, 0.15) is 11.4 Å². The molecule has 110 valence electrons. The summed E-state index contributed by atoms with van der Waals surface area (Å²) in [6.45, 7) is 6.11. The molecule has 0 aliphatic carbocycles. The zero-order valence-electron chi connectivity index (χ0n) is 12.6. The van der Waals surface area contributed by atoms with Gasteiger partial charge in [-0.05, 0) is 38.0 Å². The van der Waals surface area contributed by atoms with Gasteiger partial charge in [-0.2, -0.15) is 0 Å². The third-order valence-corrected chi connectivity index (χ3v) is 4.02. The van der Waals surface area contributed by atoms with Crippen LogP contribution in [0.2, 0.25) is 0 Å². The molecular weight excluding hydrogens is 256 g/mol. The number of carbonyl (C=O) groups is 1. The smallest absolute Gasteiger partial charge is 0.341 e. The number of hydrogen-bond donors (Lipinski definition) is 0. The van der Waals surface area contributed by atoms with Crippen LogP contribution in [0.4, 0.5) is 0 Å². The van der Waals surface area contributed by atoms with Crippen LogP contribution in [0.25, 0.3) is 0 Å². The minimum Gasteiger partial charge on any atom is -0.497 e. The highest BCUT2D eigenvalue weighted by atomic mass is 16.7. The first kappa shape index (κ1) is 14.9. The summed E-state index contributed by atoms with van der Waals surface area (Å²) < 4.78 is 16.1. The summed E-state index contributed by atoms with van der Waals surface area (Å²) in [6, 6.07) is 7.83. The van der Waals surface area contributed by atoms with Gasteiger partial charge in [0.25, 0.3) is 0 Å². The Morgan fingerprint density at radius 1 is 1.25 bits per heavy atom. The number of benzene rings is 1. The van der Waals surface area contributed by atoms with Crippen LogP contribution in [0.3, 0.4) is 0 Å². The van der Waals surface area contributed by atoms with Gasteiger partial charge in [-0.1, -0.05) is 19.1 Å². The SMILES string of the molecule is CCOC(=O)C1(CC)OC1(C)Cc1ccc(OC)cc1. The van der Waals surface area contributed by atoms with Gasteiger partial charge in [0.15, 0.2) is 5.60 Å². The van der Waals surface area contributed by atoms with Gasteiger partial charge < -0.3 is 14.2 Å². The molecule has 0 spiro atoms. The van der Waals surface area contributed by atoms with Gasteiger partial charge >= 0.3 is 5.97 Å². The third kappa shape index (κ3) is 2.40. The molecule has 0 aromatic heterocycles. The summed E-state index contributed by atoms with van der Waals surface area (Å²) >= 11 is 0. The van der Waals surface area contributed by atoms with Gasteiger partial charge in [-0.15, -0.1) is 0 Å². The number of carbonyl (C=O) groups excluding carboxylic acids is 1. The monoisotopic (exact) mass is 278 g/mol. The fourth-order valence-electron chi connectivity index (χ4n) is 2.77. The minimum atomic E-state index is -0.789. The van der Waals surface area contributed by atoms with Crippen molar-refractivity contribution < 1.29 is 19.0 Å². The van der Waals surface area contributed by atoms with Crippen molar-refractivity contribution in [2.45, 2.75) is 44.8 Å². The van der Waals surface area contributed by atoms with Crippen LogP contribution in [0, 0.1) is 0 Å². The van der Waals surface area contributed by atoms with Crippen molar-refractivity contribution in [3.8, 4) is 5.75 Å². The Labute approximate surface area is 120 Å². The molecule has 0 bridgehead atoms. The van der Waals surface area contributed by atoms with Crippen LogP contribution < -0.4 is 4.74 Å². The molecular formula is C16H22O4. The normalized spacial score (nSPS) is 28.0. The van der Waals surface area contributed by atoms with E-state index in [-0.39, 0.29) is 5.97 Å². The molecule has 1 fully saturated rings. The Morgan fingerprint density at radius 3 is 2.40 bits per heavy atom. The van der Waals surface area contributed by atoms with Crippen molar-refractivity contribution in [1.82, 2.24) is 0 Å². The van der Waals surface area contributed by atoms with Gasteiger partial charge in [0, 0.05) is 6.42 Å². The number of ether oxygens (including phenoxy) is 3. The largest absolute Gasteiger partial charge is 0.497 e. The Balaban J connectivity index is 2.10. The summed E-state index contributed by atoms with van der Waals surface area (Å²) in [7, 11) is 1.64. The topological polar surface area (TPSA) is 48.1 Å². The highest BCUT2D eigenvalue weighted by Gasteiger charge is 2.71. The van der Waals surface area contributed by atoms with Gasteiger partial charge in [0.2, 0.25) is 0 Å². The van der Waals surface area contributed by atoms with E-state index < -0.39 is 11.2 Å². The Kier molecular flexibility index (Phi) is 4.04. The van der Waals surface area contributed by atoms with Crippen LogP contribution in [0.5, 0.6) is 5.75 Å². The predicted octanol–water partition coefficient (Wildman–Crippen LogP) is 2.74. The van der Waals surface area contributed by atoms with E-state index >= 15 is 0 Å². The number of rotatable bonds is 6. The van der Waals surface area contributed by atoms with Crippen LogP contribution in [-0.2, 0) is 20.7 Å². The second-order valence-electron chi connectivity index (χ2n) is 5.26. The Hall–Kier alpha value is -1.55. The van der Waals surface area contributed by atoms with E-state index in [1.807, 2.05) is 45.0 Å². The molecule has 2 atom stereocenters. The summed E-state index contributed by atoms with van der Waals surface area (Å²) in [5, 5.41) is 0. The van der Waals surface area contributed by atoms with Crippen molar-refractivity contribution in [3.63, 3.8) is 0 Å². The quantitative estimate of drug-likeness (QED) is 0.593. The fourth-order valence-corrected chi connectivity index (χ4v) is 2.77. The first-order chi connectivity index (χ1) is 9.51. The molecule has 2 unspecified atom stereocenters. The molecule has 0 radical (unpaired) electrons. The summed E-state index contributed by atoms with van der Waals surface area (Å²) in [5.41, 5.74) is -0.154. The highest BCUT2D eigenvalue weighted by Crippen LogP contribution is 2.53. The first-order valence-corrected chi connectivity index (χ1v) is 7.01. The van der Waals surface area contributed by atoms with E-state index in [2.05, 4.69) is 0 Å². The van der Waals surface area contributed by atoms with Gasteiger partial charge in [-0.3, -0.25) is 0 Å². The van der Waals surface area contributed by atoms with Crippen LogP contribution in [-0.4, -0.2) is 30.9 Å². The molecule has 1 aromatic carbocycles. The van der Waals surface area contributed by atoms with E-state index in [9.17, 15) is 4.79 Å². The van der Waals surface area contributed by atoms with Gasteiger partial charge in [-0.25, -0.2) is 4.79 Å². The number of methoxy groups -OCH3 is 1. The fraction of sp³-hybridized carbons (Fsp3) is 0.562. The maximum absolute atomic E-state index is 12.1. The molecule has 1 heterocycles. The molecule has 0 N–H and O–H groups in total. The lowest BCUT2D eigenvalue weighted by molar-refractivity contribution is -0.149. The minimum absolute atomic E-state index is 0.251. The maximum Gasteiger partial charge on any atom is 0.341 e. The summed E-state index contributed by atoms with van der Waals surface area (Å²) in [4.78, 5) is 12.1. The number of esters is 1. The van der Waals surface area contributed by atoms with Crippen LogP contribution in [0.15, 0.2) is 24.3 Å². The van der Waals surface area contributed by atoms with Gasteiger partial charge in [0.05, 0.1) is 13.7 Å². The van der Waals surface area contributed by atoms with Crippen molar-refractivity contribution in [1.29, 1.82) is 0 Å². The second-order valence-corrected chi connectivity index (χ2v) is 5.26. The van der Waals surface area contributed by atoms with E-state index in [0.717, 1.165) is 11.3 Å². The first-order valence-electron chi connectivity index (χ1n) is 7.01. The molecule has 4 nitrogen and oxygen atoms in total. The molecule has 1 aliphatic rings. The number of hydrogen-bond acceptors (Lipinski definition) is 4. The number of epoxide rings is 1. The van der Waals surface area contributed by atoms with Crippen molar-refractivity contribution in [2.24, 2.45) is 0 Å². The molecule has 1 saturated heterocycles. The van der Waals surface area contributed by atoms with Crippen molar-refractivity contribution in [3.05, 3.63) is 29.8 Å². The van der Waals surface area contributed by atoms with Crippen LogP contribution >= 0.6 is 0 Å². The second kappa shape index (κ2) is 5.44. The molecule has 4 heteroatoms. The average molecular weight is 278 g/mol. The molecule has 0 amide bonds. The standard InChI is InChI=1S/C16H22O4/c1-5-16(14(17)19-6-2)15(3,20-16)11-12-7-9-13(18-4)10-8-12/h7-10H,5-6,11H2,1-4H3. The van der Waals surface area contributed by atoms with E-state index in [4.69, 9.17) is 14.2 Å². The molecule has 1 aromatic rings. The molecule has 20 heavy (non-hydrogen) atoms. The molecule has 0 saturated carbocycles. The summed E-state index contributed by atoms with van der Waals surface area (Å²) in [6.07, 6.45) is 1.31. The lowest BCUT2D eigenvalue weighted by Crippen LogP contribution is -2.35. The lowest BCUT2D eigenvalue weighted by Gasteiger charge is -2.14. The average Bonchev–Trinajstić information content (AvgIpc) is 3.06. The van der Waals surface area contributed by atoms with Crippen molar-refractivity contribution >= 4 is 5.97 Å². The Bertz CT molecular complexity index is 482. The molecule has 1 aliphatic heterocycles. The van der Waals surface area contributed by atoms with Crippen LogP contribution in [0.1, 0.15) is 32.8 Å². The Morgan fingerprint density at radius 2 is 1.90 bits per heavy atom. The lowest BCUT2D eigenvalue weighted by atomic mass is 9.86. The molecule has 2 rings (SSSR count). The zero-order chi connectivity index (χ0) is 14.8. The summed E-state index contributed by atoms with van der Waals surface area (Å²) in [5.74, 6) is 0.571. The highest BCUT2D eigenvalue weighted by molar-refractivity contribution is 5.84. The third-order valence-electron chi connectivity index (χ3n) is 4.02. The zero-order valence-corrected chi connectivity index (χ0v) is 12.6. The maximum atomic E-state index is 12.1.